The molecule has 4 nitrogen and oxygen atoms in total. The van der Waals surface area contributed by atoms with E-state index in [0.29, 0.717) is 6.54 Å². The number of β-amino-alcohol motifs (C(OH)–C–C–N with tert-alkyl or cyclic N) is 1. The summed E-state index contributed by atoms with van der Waals surface area (Å²) < 4.78 is 0.890. The molecule has 0 aromatic heterocycles. The summed E-state index contributed by atoms with van der Waals surface area (Å²) in [4.78, 5) is 12.0. The summed E-state index contributed by atoms with van der Waals surface area (Å²) in [5.74, 6) is 0. The Hall–Kier alpha value is -1.07. The number of nitrogens with zero attached hydrogens (tertiary/aromatic N) is 1. The first-order valence-corrected chi connectivity index (χ1v) is 5.31. The minimum atomic E-state index is -1.00. The van der Waals surface area contributed by atoms with Crippen molar-refractivity contribution in [3.05, 3.63) is 33.8 Å². The first kappa shape index (κ1) is 10.4. The summed E-state index contributed by atoms with van der Waals surface area (Å²) in [6.07, 6.45) is -1.72. The third kappa shape index (κ3) is 1.98. The van der Waals surface area contributed by atoms with Crippen LogP contribution in [0.2, 0.25) is 0 Å². The second-order valence-electron chi connectivity index (χ2n) is 3.52. The molecule has 0 radical (unpaired) electrons. The van der Waals surface area contributed by atoms with E-state index < -0.39 is 12.2 Å². The molecule has 0 bridgehead atoms. The fourth-order valence-corrected chi connectivity index (χ4v) is 2.17. The minimum Gasteiger partial charge on any atom is -0.465 e. The second kappa shape index (κ2) is 3.83. The molecular weight excluding hydrogens is 262 g/mol. The Kier molecular flexibility index (Phi) is 2.67. The van der Waals surface area contributed by atoms with E-state index in [1.807, 2.05) is 18.2 Å². The van der Waals surface area contributed by atoms with Gasteiger partial charge in [0.15, 0.2) is 0 Å². The van der Waals surface area contributed by atoms with Crippen molar-refractivity contribution in [2.75, 3.05) is 6.54 Å². The van der Waals surface area contributed by atoms with Gasteiger partial charge in [0.25, 0.3) is 0 Å². The van der Waals surface area contributed by atoms with E-state index in [9.17, 15) is 9.90 Å². The Labute approximate surface area is 95.3 Å². The maximum atomic E-state index is 10.8. The van der Waals surface area contributed by atoms with E-state index >= 15 is 0 Å². The molecule has 1 amide bonds. The summed E-state index contributed by atoms with van der Waals surface area (Å²) in [6.45, 7) is 0.477. The van der Waals surface area contributed by atoms with E-state index in [-0.39, 0.29) is 6.54 Å². The van der Waals surface area contributed by atoms with Gasteiger partial charge < -0.3 is 15.1 Å². The van der Waals surface area contributed by atoms with Crippen molar-refractivity contribution >= 4 is 22.0 Å². The van der Waals surface area contributed by atoms with Crippen LogP contribution in [0.1, 0.15) is 17.2 Å². The van der Waals surface area contributed by atoms with Gasteiger partial charge in [-0.15, -0.1) is 0 Å². The number of hydrogen-bond acceptors (Lipinski definition) is 2. The monoisotopic (exact) mass is 271 g/mol. The Morgan fingerprint density at radius 3 is 2.93 bits per heavy atom. The zero-order valence-electron chi connectivity index (χ0n) is 7.85. The van der Waals surface area contributed by atoms with E-state index in [1.165, 1.54) is 4.90 Å². The van der Waals surface area contributed by atoms with Crippen LogP contribution in [0.4, 0.5) is 4.79 Å². The molecule has 1 atom stereocenters. The lowest BCUT2D eigenvalue weighted by molar-refractivity contribution is 0.0818. The molecule has 15 heavy (non-hydrogen) atoms. The fourth-order valence-electron chi connectivity index (χ4n) is 1.76. The van der Waals surface area contributed by atoms with Crippen LogP contribution in [0.15, 0.2) is 22.7 Å². The molecule has 0 fully saturated rings. The maximum Gasteiger partial charge on any atom is 0.407 e. The summed E-state index contributed by atoms with van der Waals surface area (Å²) in [7, 11) is 0. The molecule has 0 saturated carbocycles. The van der Waals surface area contributed by atoms with Gasteiger partial charge in [0.05, 0.1) is 12.6 Å². The maximum absolute atomic E-state index is 10.8. The van der Waals surface area contributed by atoms with Crippen molar-refractivity contribution in [3.8, 4) is 0 Å². The number of carboxylic acid groups (broad SMARTS) is 1. The SMILES string of the molecule is O=C(O)N1Cc2cc(Br)ccc2C(O)C1. The van der Waals surface area contributed by atoms with Crippen LogP contribution in [0, 0.1) is 0 Å². The molecule has 5 heteroatoms. The van der Waals surface area contributed by atoms with Crippen molar-refractivity contribution < 1.29 is 15.0 Å². The Morgan fingerprint density at radius 1 is 1.53 bits per heavy atom. The number of benzene rings is 1. The van der Waals surface area contributed by atoms with Gasteiger partial charge in [-0.25, -0.2) is 4.79 Å². The summed E-state index contributed by atoms with van der Waals surface area (Å²) in [6, 6.07) is 5.51. The van der Waals surface area contributed by atoms with Crippen molar-refractivity contribution in [1.82, 2.24) is 4.90 Å². The van der Waals surface area contributed by atoms with E-state index in [1.54, 1.807) is 0 Å². The van der Waals surface area contributed by atoms with E-state index in [2.05, 4.69) is 15.9 Å². The van der Waals surface area contributed by atoms with Crippen LogP contribution in [0.5, 0.6) is 0 Å². The number of amides is 1. The highest BCUT2D eigenvalue weighted by Gasteiger charge is 2.26. The number of halogens is 1. The van der Waals surface area contributed by atoms with Crippen LogP contribution >= 0.6 is 15.9 Å². The van der Waals surface area contributed by atoms with Crippen LogP contribution in [-0.2, 0) is 6.54 Å². The third-order valence-electron chi connectivity index (χ3n) is 2.49. The van der Waals surface area contributed by atoms with Gasteiger partial charge in [-0.05, 0) is 23.3 Å². The van der Waals surface area contributed by atoms with Crippen molar-refractivity contribution in [2.45, 2.75) is 12.6 Å². The molecular formula is C10H10BrNO3. The first-order valence-electron chi connectivity index (χ1n) is 4.52. The quantitative estimate of drug-likeness (QED) is 0.759. The summed E-state index contributed by atoms with van der Waals surface area (Å²) in [5.41, 5.74) is 1.67. The minimum absolute atomic E-state index is 0.143. The molecule has 1 aromatic rings. The van der Waals surface area contributed by atoms with Crippen LogP contribution in [0.25, 0.3) is 0 Å². The van der Waals surface area contributed by atoms with Crippen LogP contribution < -0.4 is 0 Å². The van der Waals surface area contributed by atoms with Crippen molar-refractivity contribution in [1.29, 1.82) is 0 Å². The number of aliphatic hydroxyl groups is 1. The Balaban J connectivity index is 2.37. The topological polar surface area (TPSA) is 60.8 Å². The Bertz CT molecular complexity index is 408. The van der Waals surface area contributed by atoms with Gasteiger partial charge in [0.2, 0.25) is 0 Å². The molecule has 2 rings (SSSR count). The highest BCUT2D eigenvalue weighted by atomic mass is 79.9. The Morgan fingerprint density at radius 2 is 2.27 bits per heavy atom. The largest absolute Gasteiger partial charge is 0.465 e. The number of aliphatic hydroxyl groups excluding tert-OH is 1. The molecule has 0 saturated heterocycles. The molecule has 1 aliphatic heterocycles. The van der Waals surface area contributed by atoms with Crippen molar-refractivity contribution in [2.24, 2.45) is 0 Å². The standard InChI is InChI=1S/C10H10BrNO3/c11-7-1-2-8-6(3-7)4-12(10(14)15)5-9(8)13/h1-3,9,13H,4-5H2,(H,14,15). The predicted octanol–water partition coefficient (Wildman–Crippen LogP) is 1.98. The van der Waals surface area contributed by atoms with Crippen LogP contribution in [0.3, 0.4) is 0 Å². The zero-order chi connectivity index (χ0) is 11.0. The first-order chi connectivity index (χ1) is 7.08. The zero-order valence-corrected chi connectivity index (χ0v) is 9.44. The van der Waals surface area contributed by atoms with Crippen LogP contribution in [-0.4, -0.2) is 27.8 Å². The summed E-state index contributed by atoms with van der Waals surface area (Å²) in [5, 5.41) is 18.6. The van der Waals surface area contributed by atoms with Gasteiger partial charge in [0.1, 0.15) is 0 Å². The van der Waals surface area contributed by atoms with E-state index in [4.69, 9.17) is 5.11 Å². The van der Waals surface area contributed by atoms with Gasteiger partial charge in [-0.1, -0.05) is 22.0 Å². The molecule has 0 aliphatic carbocycles. The van der Waals surface area contributed by atoms with Gasteiger partial charge in [0, 0.05) is 11.0 Å². The molecule has 80 valence electrons. The predicted molar refractivity (Wildman–Crippen MR) is 57.5 cm³/mol. The smallest absolute Gasteiger partial charge is 0.407 e. The summed E-state index contributed by atoms with van der Waals surface area (Å²) >= 11 is 3.32. The van der Waals surface area contributed by atoms with Gasteiger partial charge in [-0.3, -0.25) is 0 Å². The average Bonchev–Trinajstić information content (AvgIpc) is 2.16. The molecule has 1 aromatic carbocycles. The van der Waals surface area contributed by atoms with E-state index in [0.717, 1.165) is 15.6 Å². The molecule has 1 heterocycles. The molecule has 0 spiro atoms. The lowest BCUT2D eigenvalue weighted by atomic mass is 9.98. The molecule has 1 aliphatic rings. The van der Waals surface area contributed by atoms with Gasteiger partial charge >= 0.3 is 6.09 Å². The highest BCUT2D eigenvalue weighted by Crippen LogP contribution is 2.28. The molecule has 2 N–H and O–H groups in total. The number of hydrogen-bond donors (Lipinski definition) is 2. The van der Waals surface area contributed by atoms with Gasteiger partial charge in [-0.2, -0.15) is 0 Å². The number of fused-ring (bicyclic) bond motifs is 1. The fraction of sp³-hybridized carbons (Fsp3) is 0.300. The normalized spacial score (nSPS) is 19.9. The second-order valence-corrected chi connectivity index (χ2v) is 4.44. The number of rotatable bonds is 0. The van der Waals surface area contributed by atoms with Crippen molar-refractivity contribution in [3.63, 3.8) is 0 Å². The average molecular weight is 272 g/mol. The highest BCUT2D eigenvalue weighted by molar-refractivity contribution is 9.10. The third-order valence-corrected chi connectivity index (χ3v) is 2.98. The lowest BCUT2D eigenvalue weighted by Gasteiger charge is -2.30. The molecule has 1 unspecified atom stereocenters. The lowest BCUT2D eigenvalue weighted by Crippen LogP contribution is -2.37. The number of carbonyl (C=O) groups is 1.